The van der Waals surface area contributed by atoms with Gasteiger partial charge in [0.05, 0.1) is 67.7 Å². The van der Waals surface area contributed by atoms with Gasteiger partial charge < -0.3 is 40.2 Å². The van der Waals surface area contributed by atoms with Crippen molar-refractivity contribution in [2.24, 2.45) is 0 Å². The normalized spacial score (nSPS) is 16.8. The third-order valence-corrected chi connectivity index (χ3v) is 15.9. The van der Waals surface area contributed by atoms with Crippen molar-refractivity contribution in [2.75, 3.05) is 68.9 Å². The fourth-order valence-corrected chi connectivity index (χ4v) is 11.2. The van der Waals surface area contributed by atoms with Crippen LogP contribution in [0.4, 0.5) is 32.3 Å². The molecule has 0 radical (unpaired) electrons. The summed E-state index contributed by atoms with van der Waals surface area (Å²) in [5, 5.41) is 16.1. The zero-order valence-electron chi connectivity index (χ0n) is 50.2. The fraction of sp³-hybridized carbons (Fsp3) is 0.362. The lowest BCUT2D eigenvalue weighted by atomic mass is 9.87. The average molecular weight is 1120 g/mol. The van der Waals surface area contributed by atoms with Crippen LogP contribution in [0.2, 0.25) is 0 Å². The largest absolute Gasteiger partial charge is 0.495 e. The number of piperidine rings is 1. The van der Waals surface area contributed by atoms with E-state index in [0.717, 1.165) is 104 Å². The van der Waals surface area contributed by atoms with Gasteiger partial charge >= 0.3 is 12.1 Å². The number of hydrogen-bond acceptors (Lipinski definition) is 10. The number of anilines is 4. The number of nitrogens with one attached hydrogen (secondary N) is 4. The minimum absolute atomic E-state index is 0.0529. The zero-order chi connectivity index (χ0) is 58.8. The van der Waals surface area contributed by atoms with E-state index in [1.807, 2.05) is 103 Å². The van der Waals surface area contributed by atoms with Crippen LogP contribution in [0.15, 0.2) is 146 Å². The van der Waals surface area contributed by atoms with Crippen LogP contribution in [0, 0.1) is 0 Å². The van der Waals surface area contributed by atoms with E-state index in [1.165, 1.54) is 19.3 Å². The van der Waals surface area contributed by atoms with E-state index in [9.17, 15) is 9.59 Å². The number of ether oxygens (including phenoxy) is 4. The highest BCUT2D eigenvalue weighted by Crippen LogP contribution is 2.38. The first-order valence-electron chi connectivity index (χ1n) is 28.9. The lowest BCUT2D eigenvalue weighted by Gasteiger charge is -2.38. The quantitative estimate of drug-likeness (QED) is 0.0828. The van der Waals surface area contributed by atoms with Crippen molar-refractivity contribution in [2.45, 2.75) is 117 Å². The van der Waals surface area contributed by atoms with Crippen molar-refractivity contribution in [3.8, 4) is 33.8 Å². The molecule has 0 bridgehead atoms. The van der Waals surface area contributed by atoms with Crippen LogP contribution in [0.25, 0.3) is 43.8 Å². The van der Waals surface area contributed by atoms with Crippen molar-refractivity contribution in [1.82, 2.24) is 19.8 Å². The van der Waals surface area contributed by atoms with E-state index in [2.05, 4.69) is 129 Å². The standard InChI is InChI=1S/C35H42N4O2.C34H40N4O4/c1-23-10-9-11-24(2)39(23)22-27-16-14-25(21-36-27)28-17-18-31(30-13-8-7-12-29(28)30)37-34(40)38-32-20-26(35(3,4)5)15-19-33(32)41-6;1-34(2,3)24-11-15-32(41-5)31(18-24)37-33(39)36-30-14-13-27(28-8-6-7-9-29(28)30)23-10-12-25(35-19-23)20-38-16-17-42-26(21-38)22-40-4/h7-8,12-21,23-24H,9-11,22H2,1-6H3,(H2,37,38,40);6-15,18-19,26H,16-17,20-22H2,1-5H3,(H2,36,37,39). The maximum absolute atomic E-state index is 13.2. The molecule has 6 aromatic carbocycles. The van der Waals surface area contributed by atoms with Crippen molar-refractivity contribution >= 4 is 56.4 Å². The van der Waals surface area contributed by atoms with Gasteiger partial charge in [-0.3, -0.25) is 19.8 Å². The number of carbonyl (C=O) groups is 2. The van der Waals surface area contributed by atoms with Gasteiger partial charge in [-0.05, 0) is 119 Å². The van der Waals surface area contributed by atoms with E-state index in [0.29, 0.717) is 48.2 Å². The number of fused-ring (bicyclic) bond motifs is 2. The van der Waals surface area contributed by atoms with Gasteiger partial charge in [0.1, 0.15) is 11.5 Å². The Morgan fingerprint density at radius 3 is 1.46 bits per heavy atom. The number of urea groups is 2. The molecule has 434 valence electrons. The van der Waals surface area contributed by atoms with Crippen LogP contribution >= 0.6 is 0 Å². The Morgan fingerprint density at radius 2 is 1.02 bits per heavy atom. The van der Waals surface area contributed by atoms with E-state index >= 15 is 0 Å². The first-order valence-corrected chi connectivity index (χ1v) is 28.9. The van der Waals surface area contributed by atoms with E-state index in [1.54, 1.807) is 21.3 Å². The second-order valence-electron chi connectivity index (χ2n) is 24.0. The number of methoxy groups -OCH3 is 3. The van der Waals surface area contributed by atoms with Crippen LogP contribution in [0.5, 0.6) is 11.5 Å². The summed E-state index contributed by atoms with van der Waals surface area (Å²) < 4.78 is 22.0. The number of benzene rings is 6. The van der Waals surface area contributed by atoms with Gasteiger partial charge in [-0.15, -0.1) is 0 Å². The Labute approximate surface area is 490 Å². The van der Waals surface area contributed by atoms with Gasteiger partial charge in [-0.25, -0.2) is 9.59 Å². The minimum atomic E-state index is -0.334. The molecular formula is C69H82N8O6. The van der Waals surface area contributed by atoms with Crippen molar-refractivity contribution in [3.05, 3.63) is 168 Å². The van der Waals surface area contributed by atoms with Gasteiger partial charge in [-0.1, -0.05) is 133 Å². The molecule has 14 nitrogen and oxygen atoms in total. The molecule has 0 aliphatic carbocycles. The summed E-state index contributed by atoms with van der Waals surface area (Å²) in [6.45, 7) is 22.2. The van der Waals surface area contributed by atoms with Crippen molar-refractivity contribution < 1.29 is 28.5 Å². The minimum Gasteiger partial charge on any atom is -0.495 e. The lowest BCUT2D eigenvalue weighted by Crippen LogP contribution is -2.43. The summed E-state index contributed by atoms with van der Waals surface area (Å²) in [7, 11) is 4.91. The molecule has 2 aliphatic heterocycles. The average Bonchev–Trinajstić information content (AvgIpc) is 3.62. The van der Waals surface area contributed by atoms with Crippen molar-refractivity contribution in [1.29, 1.82) is 0 Å². The summed E-state index contributed by atoms with van der Waals surface area (Å²) in [6, 6.07) is 45.0. The van der Waals surface area contributed by atoms with E-state index in [4.69, 9.17) is 28.9 Å². The second kappa shape index (κ2) is 26.6. The Hall–Kier alpha value is -7.88. The molecule has 2 fully saturated rings. The van der Waals surface area contributed by atoms with Crippen LogP contribution in [-0.4, -0.2) is 97.7 Å². The molecule has 14 heteroatoms. The molecule has 10 rings (SSSR count). The van der Waals surface area contributed by atoms with Gasteiger partial charge in [0.25, 0.3) is 0 Å². The van der Waals surface area contributed by atoms with Crippen LogP contribution in [-0.2, 0) is 33.4 Å². The SMILES string of the molecule is COCC1CN(Cc2ccc(-c3ccc(NC(=O)Nc4cc(C(C)(C)C)ccc4OC)c4ccccc34)cn2)CCO1.COc1ccc(C(C)(C)C)cc1NC(=O)Nc1ccc(-c2ccc(CN3C(C)CCCC3C)nc2)c2ccccc12. The summed E-state index contributed by atoms with van der Waals surface area (Å²) in [6.07, 6.45) is 7.82. The summed E-state index contributed by atoms with van der Waals surface area (Å²) in [5.74, 6) is 1.23. The van der Waals surface area contributed by atoms with Crippen LogP contribution < -0.4 is 30.7 Å². The smallest absolute Gasteiger partial charge is 0.323 e. The molecule has 0 saturated carbocycles. The Balaban J connectivity index is 0.000000200. The molecule has 8 aromatic rings. The fourth-order valence-electron chi connectivity index (χ4n) is 11.2. The maximum Gasteiger partial charge on any atom is 0.323 e. The number of hydrogen-bond donors (Lipinski definition) is 4. The number of amides is 4. The summed E-state index contributed by atoms with van der Waals surface area (Å²) in [5.41, 5.74) is 11.2. The first kappa shape index (κ1) is 59.7. The molecular weight excluding hydrogens is 1040 g/mol. The predicted molar refractivity (Wildman–Crippen MR) is 338 cm³/mol. The van der Waals surface area contributed by atoms with Crippen LogP contribution in [0.3, 0.4) is 0 Å². The number of rotatable bonds is 14. The number of morpholine rings is 1. The van der Waals surface area contributed by atoms with Crippen LogP contribution in [0.1, 0.15) is 97.2 Å². The number of nitrogens with zero attached hydrogens (tertiary/aromatic N) is 4. The number of pyridine rings is 2. The highest BCUT2D eigenvalue weighted by molar-refractivity contribution is 6.11. The summed E-state index contributed by atoms with van der Waals surface area (Å²) in [4.78, 5) is 40.9. The molecule has 4 N–H and O–H groups in total. The van der Waals surface area contributed by atoms with E-state index in [-0.39, 0.29) is 29.0 Å². The highest BCUT2D eigenvalue weighted by Gasteiger charge is 2.26. The molecule has 2 aromatic heterocycles. The molecule has 4 heterocycles. The number of carbonyl (C=O) groups excluding carboxylic acids is 2. The highest BCUT2D eigenvalue weighted by atomic mass is 16.5. The number of aromatic nitrogens is 2. The molecule has 0 spiro atoms. The van der Waals surface area contributed by atoms with E-state index < -0.39 is 0 Å². The lowest BCUT2D eigenvalue weighted by molar-refractivity contribution is -0.0633. The third-order valence-electron chi connectivity index (χ3n) is 15.9. The first-order chi connectivity index (χ1) is 39.9. The van der Waals surface area contributed by atoms with Gasteiger partial charge in [-0.2, -0.15) is 0 Å². The third kappa shape index (κ3) is 14.9. The topological polar surface area (TPSA) is 151 Å². The molecule has 2 aliphatic rings. The zero-order valence-corrected chi connectivity index (χ0v) is 50.2. The predicted octanol–water partition coefficient (Wildman–Crippen LogP) is 15.3. The monoisotopic (exact) mass is 1120 g/mol. The van der Waals surface area contributed by atoms with Gasteiger partial charge in [0.2, 0.25) is 0 Å². The summed E-state index contributed by atoms with van der Waals surface area (Å²) >= 11 is 0. The Kier molecular flexibility index (Phi) is 19.1. The number of likely N-dealkylation sites (tertiary alicyclic amines) is 1. The molecule has 2 saturated heterocycles. The van der Waals surface area contributed by atoms with Crippen molar-refractivity contribution in [3.63, 3.8) is 0 Å². The van der Waals surface area contributed by atoms with Gasteiger partial charge in [0, 0.05) is 79.7 Å². The Morgan fingerprint density at radius 1 is 0.566 bits per heavy atom. The second-order valence-corrected chi connectivity index (χ2v) is 24.0. The molecule has 3 unspecified atom stereocenters. The maximum atomic E-state index is 13.2. The van der Waals surface area contributed by atoms with Gasteiger partial charge in [0.15, 0.2) is 0 Å². The Bertz CT molecular complexity index is 3510. The molecule has 83 heavy (non-hydrogen) atoms. The molecule has 4 amide bonds. The molecule has 3 atom stereocenters.